The molecule has 2 fully saturated rings. The van der Waals surface area contributed by atoms with Gasteiger partial charge in [0.1, 0.15) is 18.2 Å². The maximum absolute atomic E-state index is 11.8. The van der Waals surface area contributed by atoms with E-state index in [9.17, 15) is 14.7 Å². The van der Waals surface area contributed by atoms with Crippen LogP contribution in [0.25, 0.3) is 0 Å². The number of fused-ring (bicyclic) bond motifs is 1. The number of rotatable bonds is 4. The maximum Gasteiger partial charge on any atom is 0.352 e. The van der Waals surface area contributed by atoms with Crippen molar-refractivity contribution >= 4 is 23.5 Å². The molecule has 0 aliphatic carbocycles. The Balaban J connectivity index is 1.21. The van der Waals surface area contributed by atoms with Crippen LogP contribution < -0.4 is 0 Å². The monoisotopic (exact) mass is 462 g/mol. The minimum atomic E-state index is -0.639. The number of hydrogen-bond donors (Lipinski definition) is 1. The molecule has 4 aliphatic rings. The van der Waals surface area contributed by atoms with Gasteiger partial charge >= 0.3 is 11.9 Å². The molecular formula is C23H27ClN2O6. The summed E-state index contributed by atoms with van der Waals surface area (Å²) in [6.45, 7) is 6.52. The van der Waals surface area contributed by atoms with Crippen LogP contribution in [0.15, 0.2) is 22.9 Å². The van der Waals surface area contributed by atoms with E-state index < -0.39 is 12.1 Å². The van der Waals surface area contributed by atoms with Crippen LogP contribution in [-0.2, 0) is 25.6 Å². The number of aliphatic hydroxyl groups excluding tert-OH is 1. The van der Waals surface area contributed by atoms with Crippen LogP contribution in [0.5, 0.6) is 0 Å². The van der Waals surface area contributed by atoms with E-state index in [1.807, 2.05) is 13.0 Å². The summed E-state index contributed by atoms with van der Waals surface area (Å²) >= 11 is 6.14. The number of benzene rings is 1. The minimum Gasteiger partial charge on any atom is -0.457 e. The minimum absolute atomic E-state index is 0.180. The molecule has 1 N–H and O–H groups in total. The highest BCUT2D eigenvalue weighted by molar-refractivity contribution is 6.42. The first-order valence-corrected chi connectivity index (χ1v) is 11.4. The van der Waals surface area contributed by atoms with E-state index in [4.69, 9.17) is 25.8 Å². The molecule has 9 heteroatoms. The van der Waals surface area contributed by atoms with Crippen LogP contribution in [0.2, 0.25) is 0 Å². The molecule has 172 valence electrons. The van der Waals surface area contributed by atoms with Crippen LogP contribution in [0, 0.1) is 6.92 Å². The van der Waals surface area contributed by atoms with Crippen LogP contribution in [0.4, 0.5) is 0 Å². The number of nitrogens with zero attached hydrogens (tertiary/aromatic N) is 2. The molecule has 5 rings (SSSR count). The lowest BCUT2D eigenvalue weighted by molar-refractivity contribution is -0.136. The van der Waals surface area contributed by atoms with Crippen molar-refractivity contribution < 1.29 is 28.9 Å². The smallest absolute Gasteiger partial charge is 0.352 e. The van der Waals surface area contributed by atoms with E-state index in [0.29, 0.717) is 31.8 Å². The standard InChI is InChI=1S/C23H27ClN2O6/c1-14-15(2-3-16-17(14)11-30-21(16)28)19(27)10-25-6-4-23(5-7-25)13-26(8-9-32-23)18-12-31-22(29)20(18)24/h2-3,19,27H,4-13H2,1H3/t19-/m0/s1. The number of ether oxygens (including phenoxy) is 3. The molecule has 4 aliphatic heterocycles. The molecule has 1 aromatic carbocycles. The first-order chi connectivity index (χ1) is 15.4. The van der Waals surface area contributed by atoms with E-state index in [0.717, 1.165) is 48.3 Å². The highest BCUT2D eigenvalue weighted by Crippen LogP contribution is 2.35. The van der Waals surface area contributed by atoms with Crippen molar-refractivity contribution in [3.05, 3.63) is 45.1 Å². The lowest BCUT2D eigenvalue weighted by Crippen LogP contribution is -2.57. The van der Waals surface area contributed by atoms with E-state index in [1.54, 1.807) is 6.07 Å². The third-order valence-electron chi connectivity index (χ3n) is 7.17. The quantitative estimate of drug-likeness (QED) is 0.678. The van der Waals surface area contributed by atoms with Gasteiger partial charge in [-0.3, -0.25) is 0 Å². The van der Waals surface area contributed by atoms with Gasteiger partial charge in [-0.15, -0.1) is 0 Å². The molecule has 1 aromatic rings. The number of piperidine rings is 1. The highest BCUT2D eigenvalue weighted by Gasteiger charge is 2.42. The fourth-order valence-corrected chi connectivity index (χ4v) is 5.43. The number of aliphatic hydroxyl groups is 1. The Labute approximate surface area is 191 Å². The zero-order chi connectivity index (χ0) is 22.5. The molecule has 1 spiro atoms. The largest absolute Gasteiger partial charge is 0.457 e. The van der Waals surface area contributed by atoms with Gasteiger partial charge in [-0.25, -0.2) is 9.59 Å². The van der Waals surface area contributed by atoms with Crippen LogP contribution in [0.3, 0.4) is 0 Å². The molecule has 0 bridgehead atoms. The molecular weight excluding hydrogens is 436 g/mol. The van der Waals surface area contributed by atoms with Gasteiger partial charge in [-0.1, -0.05) is 17.7 Å². The third kappa shape index (κ3) is 3.79. The second-order valence-corrected chi connectivity index (χ2v) is 9.37. The fourth-order valence-electron chi connectivity index (χ4n) is 5.20. The van der Waals surface area contributed by atoms with E-state index in [2.05, 4.69) is 9.80 Å². The van der Waals surface area contributed by atoms with Crippen LogP contribution in [0.1, 0.15) is 46.0 Å². The molecule has 2 saturated heterocycles. The molecule has 32 heavy (non-hydrogen) atoms. The van der Waals surface area contributed by atoms with Gasteiger partial charge in [0.05, 0.1) is 29.6 Å². The molecule has 4 heterocycles. The zero-order valence-electron chi connectivity index (χ0n) is 18.1. The average Bonchev–Trinajstić information content (AvgIpc) is 3.33. The van der Waals surface area contributed by atoms with E-state index >= 15 is 0 Å². The van der Waals surface area contributed by atoms with Crippen molar-refractivity contribution in [2.45, 2.75) is 38.1 Å². The Bertz CT molecular complexity index is 985. The Morgan fingerprint density at radius 2 is 1.88 bits per heavy atom. The Morgan fingerprint density at radius 3 is 2.59 bits per heavy atom. The number of carbonyl (C=O) groups excluding carboxylic acids is 2. The summed E-state index contributed by atoms with van der Waals surface area (Å²) in [7, 11) is 0. The van der Waals surface area contributed by atoms with Gasteiger partial charge in [0.25, 0.3) is 0 Å². The van der Waals surface area contributed by atoms with Crippen LogP contribution >= 0.6 is 11.6 Å². The SMILES string of the molecule is Cc1c([C@@H](O)CN2CCC3(CC2)CN(C2=C(Cl)C(=O)OC2)CCO3)ccc2c1COC2=O. The van der Waals surface area contributed by atoms with Crippen molar-refractivity contribution in [1.82, 2.24) is 9.80 Å². The van der Waals surface area contributed by atoms with Gasteiger partial charge < -0.3 is 29.1 Å². The van der Waals surface area contributed by atoms with Gasteiger partial charge in [0.2, 0.25) is 0 Å². The number of halogens is 1. The number of likely N-dealkylation sites (tertiary alicyclic amines) is 1. The number of β-amino-alcohol motifs (C(OH)–C–C–N with tert-alkyl or cyclic N) is 1. The zero-order valence-corrected chi connectivity index (χ0v) is 18.8. The van der Waals surface area contributed by atoms with Crippen molar-refractivity contribution in [1.29, 1.82) is 0 Å². The van der Waals surface area contributed by atoms with Gasteiger partial charge in [0.15, 0.2) is 0 Å². The topological polar surface area (TPSA) is 88.5 Å². The van der Waals surface area contributed by atoms with E-state index in [1.165, 1.54) is 0 Å². The molecule has 0 saturated carbocycles. The Kier molecular flexibility index (Phi) is 5.65. The Hall–Kier alpha value is -2.13. The number of cyclic esters (lactones) is 2. The first-order valence-electron chi connectivity index (χ1n) is 11.0. The van der Waals surface area contributed by atoms with Crippen molar-refractivity contribution in [3.63, 3.8) is 0 Å². The summed E-state index contributed by atoms with van der Waals surface area (Å²) in [6.07, 6.45) is 1.03. The third-order valence-corrected chi connectivity index (χ3v) is 7.54. The highest BCUT2D eigenvalue weighted by atomic mass is 35.5. The summed E-state index contributed by atoms with van der Waals surface area (Å²) < 4.78 is 16.4. The maximum atomic E-state index is 11.8. The second kappa shape index (κ2) is 8.33. The van der Waals surface area contributed by atoms with Crippen LogP contribution in [-0.4, -0.2) is 78.4 Å². The molecule has 0 amide bonds. The van der Waals surface area contributed by atoms with E-state index in [-0.39, 0.29) is 29.8 Å². The molecule has 0 aromatic heterocycles. The molecule has 8 nitrogen and oxygen atoms in total. The van der Waals surface area contributed by atoms with Gasteiger partial charge in [-0.2, -0.15) is 0 Å². The summed E-state index contributed by atoms with van der Waals surface area (Å²) in [5.74, 6) is -0.749. The first kappa shape index (κ1) is 21.7. The summed E-state index contributed by atoms with van der Waals surface area (Å²) in [5.41, 5.74) is 3.72. The average molecular weight is 463 g/mol. The number of esters is 2. The van der Waals surface area contributed by atoms with Gasteiger partial charge in [-0.05, 0) is 37.0 Å². The van der Waals surface area contributed by atoms with Gasteiger partial charge in [0, 0.05) is 38.3 Å². The predicted molar refractivity (Wildman–Crippen MR) is 115 cm³/mol. The lowest BCUT2D eigenvalue weighted by Gasteiger charge is -2.48. The number of morpholine rings is 1. The lowest BCUT2D eigenvalue weighted by atomic mass is 9.88. The van der Waals surface area contributed by atoms with Crippen molar-refractivity contribution in [2.24, 2.45) is 0 Å². The number of hydrogen-bond acceptors (Lipinski definition) is 8. The Morgan fingerprint density at radius 1 is 1.12 bits per heavy atom. The summed E-state index contributed by atoms with van der Waals surface area (Å²) in [6, 6.07) is 3.59. The normalized spacial score (nSPS) is 24.0. The molecule has 1 atom stereocenters. The molecule has 0 unspecified atom stereocenters. The second-order valence-electron chi connectivity index (χ2n) is 8.99. The fraction of sp³-hybridized carbons (Fsp3) is 0.565. The number of carbonyl (C=O) groups is 2. The van der Waals surface area contributed by atoms with Crippen molar-refractivity contribution in [2.75, 3.05) is 45.9 Å². The summed E-state index contributed by atoms with van der Waals surface area (Å²) in [4.78, 5) is 27.8. The predicted octanol–water partition coefficient (Wildman–Crippen LogP) is 1.87. The van der Waals surface area contributed by atoms with Crippen molar-refractivity contribution in [3.8, 4) is 0 Å². The molecule has 0 radical (unpaired) electrons. The summed E-state index contributed by atoms with van der Waals surface area (Å²) in [5, 5.41) is 11.1.